The number of carboxylic acids is 1. The number of furan rings is 1. The van der Waals surface area contributed by atoms with Crippen LogP contribution in [0.2, 0.25) is 0 Å². The molecule has 0 spiro atoms. The van der Waals surface area contributed by atoms with E-state index >= 15 is 0 Å². The van der Waals surface area contributed by atoms with Crippen LogP contribution in [0.3, 0.4) is 0 Å². The quantitative estimate of drug-likeness (QED) is 0.220. The lowest BCUT2D eigenvalue weighted by atomic mass is 10.0. The first-order valence-electron chi connectivity index (χ1n) is 10.6. The molecule has 2 aromatic carbocycles. The third-order valence-corrected chi connectivity index (χ3v) is 5.73. The largest absolute Gasteiger partial charge is 0.504 e. The highest BCUT2D eigenvalue weighted by Crippen LogP contribution is 2.42. The Kier molecular flexibility index (Phi) is 5.27. The average Bonchev–Trinajstić information content (AvgIpc) is 3.54. The lowest BCUT2D eigenvalue weighted by molar-refractivity contribution is 0.0661. The van der Waals surface area contributed by atoms with Crippen molar-refractivity contribution in [3.05, 3.63) is 83.6 Å². The maximum atomic E-state index is 13.4. The van der Waals surface area contributed by atoms with E-state index in [4.69, 9.17) is 9.52 Å². The summed E-state index contributed by atoms with van der Waals surface area (Å²) in [4.78, 5) is 31.5. The lowest BCUT2D eigenvalue weighted by Gasteiger charge is -2.00. The molecule has 170 valence electrons. The number of ketones is 1. The first-order chi connectivity index (χ1) is 16.5. The molecule has 0 unspecified atom stereocenters. The van der Waals surface area contributed by atoms with Gasteiger partial charge in [-0.25, -0.2) is 4.79 Å². The van der Waals surface area contributed by atoms with Crippen molar-refractivity contribution in [1.29, 1.82) is 0 Å². The number of carbonyl (C=O) groups excluding carboxylic acids is 1. The van der Waals surface area contributed by atoms with Gasteiger partial charge in [0.25, 0.3) is 0 Å². The van der Waals surface area contributed by atoms with Crippen molar-refractivity contribution in [2.45, 2.75) is 6.42 Å². The number of aromatic carboxylic acids is 1. The van der Waals surface area contributed by atoms with Gasteiger partial charge in [-0.1, -0.05) is 48.6 Å². The smallest absolute Gasteiger partial charge is 0.372 e. The van der Waals surface area contributed by atoms with Crippen molar-refractivity contribution in [2.24, 2.45) is 0 Å². The molecule has 0 atom stereocenters. The van der Waals surface area contributed by atoms with Gasteiger partial charge in [0.2, 0.25) is 17.3 Å². The Morgan fingerprint density at radius 1 is 0.971 bits per heavy atom. The monoisotopic (exact) mass is 456 g/mol. The Morgan fingerprint density at radius 3 is 2.56 bits per heavy atom. The Labute approximate surface area is 192 Å². The molecule has 0 saturated carbocycles. The normalized spacial score (nSPS) is 11.7. The minimum Gasteiger partial charge on any atom is -0.504 e. The summed E-state index contributed by atoms with van der Waals surface area (Å²) in [5.41, 5.74) is 2.87. The highest BCUT2D eigenvalue weighted by Gasteiger charge is 2.32. The van der Waals surface area contributed by atoms with Crippen LogP contribution in [0.15, 0.2) is 65.4 Å². The maximum absolute atomic E-state index is 13.4. The number of aromatic nitrogens is 2. The number of benzene rings is 2. The fourth-order valence-corrected chi connectivity index (χ4v) is 4.17. The minimum atomic E-state index is -1.40. The zero-order valence-electron chi connectivity index (χ0n) is 17.8. The zero-order valence-corrected chi connectivity index (χ0v) is 17.8. The molecule has 5 N–H and O–H groups in total. The first kappa shape index (κ1) is 21.3. The Balaban J connectivity index is 1.64. The van der Waals surface area contributed by atoms with Crippen molar-refractivity contribution < 1.29 is 29.3 Å². The molecular formula is C26H20N2O6. The van der Waals surface area contributed by atoms with Gasteiger partial charge in [0.15, 0.2) is 5.75 Å². The summed E-state index contributed by atoms with van der Waals surface area (Å²) in [5.74, 6) is -3.53. The minimum absolute atomic E-state index is 0.0311. The number of hydrogen-bond donors (Lipinski definition) is 5. The maximum Gasteiger partial charge on any atom is 0.372 e. The topological polar surface area (TPSA) is 140 Å². The molecular weight excluding hydrogens is 436 g/mol. The molecule has 34 heavy (non-hydrogen) atoms. The summed E-state index contributed by atoms with van der Waals surface area (Å²) in [5, 5.41) is 31.0. The van der Waals surface area contributed by atoms with Gasteiger partial charge in [-0.05, 0) is 18.1 Å². The third-order valence-electron chi connectivity index (χ3n) is 5.73. The molecule has 3 aromatic heterocycles. The van der Waals surface area contributed by atoms with Crippen molar-refractivity contribution in [1.82, 2.24) is 9.97 Å². The molecule has 0 fully saturated rings. The number of rotatable bonds is 7. The van der Waals surface area contributed by atoms with Crippen LogP contribution in [-0.4, -0.2) is 43.6 Å². The average molecular weight is 456 g/mol. The fraction of sp³-hybridized carbons (Fsp3) is 0.0769. The number of para-hydroxylation sites is 2. The van der Waals surface area contributed by atoms with Crippen molar-refractivity contribution in [3.8, 4) is 16.9 Å². The standard InChI is InChI=1S/C26H20N2O6/c29-11-4-3-6-14-7-5-9-16-18(13-28-21(14)16)22(30)25-23(31)20(24(34-25)26(32)33)17-12-27-19-10-2-1-8-15(17)19/h1-3,5-10,12-13,27-29,31H,4,11H2,(H,32,33)/b6-3+. The van der Waals surface area contributed by atoms with Crippen LogP contribution < -0.4 is 0 Å². The summed E-state index contributed by atoms with van der Waals surface area (Å²) >= 11 is 0. The van der Waals surface area contributed by atoms with Crippen LogP contribution in [0.25, 0.3) is 39.0 Å². The molecule has 0 bridgehead atoms. The SMILES string of the molecule is O=C(O)c1oc(C(=O)c2c[nH]c3c(/C=C/CCO)cccc23)c(O)c1-c1c[nH]c2ccccc12. The number of aliphatic hydroxyl groups is 1. The number of aromatic amines is 2. The van der Waals surface area contributed by atoms with E-state index < -0.39 is 29.0 Å². The van der Waals surface area contributed by atoms with Gasteiger partial charge in [0.05, 0.1) is 16.6 Å². The van der Waals surface area contributed by atoms with E-state index in [-0.39, 0.29) is 17.7 Å². The van der Waals surface area contributed by atoms with E-state index in [1.807, 2.05) is 30.4 Å². The number of carbonyl (C=O) groups is 2. The molecule has 5 aromatic rings. The highest BCUT2D eigenvalue weighted by molar-refractivity contribution is 6.18. The molecule has 0 aliphatic rings. The second-order valence-electron chi connectivity index (χ2n) is 7.75. The van der Waals surface area contributed by atoms with Gasteiger partial charge in [0, 0.05) is 40.9 Å². The van der Waals surface area contributed by atoms with E-state index in [2.05, 4.69) is 9.97 Å². The summed E-state index contributed by atoms with van der Waals surface area (Å²) in [6, 6.07) is 12.6. The summed E-state index contributed by atoms with van der Waals surface area (Å²) in [6.45, 7) is 0.0311. The van der Waals surface area contributed by atoms with E-state index in [0.29, 0.717) is 28.3 Å². The second kappa shape index (κ2) is 8.42. The van der Waals surface area contributed by atoms with Gasteiger partial charge in [-0.15, -0.1) is 0 Å². The first-order valence-corrected chi connectivity index (χ1v) is 10.6. The number of H-pyrrole nitrogens is 2. The number of fused-ring (bicyclic) bond motifs is 2. The van der Waals surface area contributed by atoms with Crippen LogP contribution in [-0.2, 0) is 0 Å². The predicted molar refractivity (Wildman–Crippen MR) is 127 cm³/mol. The van der Waals surface area contributed by atoms with E-state index in [9.17, 15) is 19.8 Å². The van der Waals surface area contributed by atoms with Crippen molar-refractivity contribution >= 4 is 39.6 Å². The van der Waals surface area contributed by atoms with E-state index in [0.717, 1.165) is 11.1 Å². The Morgan fingerprint density at radius 2 is 1.76 bits per heavy atom. The number of hydrogen-bond acceptors (Lipinski definition) is 5. The second-order valence-corrected chi connectivity index (χ2v) is 7.75. The molecule has 0 aliphatic carbocycles. The molecule has 0 saturated heterocycles. The molecule has 0 radical (unpaired) electrons. The molecule has 3 heterocycles. The van der Waals surface area contributed by atoms with Gasteiger partial charge in [-0.2, -0.15) is 0 Å². The van der Waals surface area contributed by atoms with Crippen LogP contribution in [0.1, 0.15) is 38.7 Å². The number of carboxylic acid groups (broad SMARTS) is 1. The fourth-order valence-electron chi connectivity index (χ4n) is 4.17. The lowest BCUT2D eigenvalue weighted by Crippen LogP contribution is -1.99. The van der Waals surface area contributed by atoms with Crippen molar-refractivity contribution in [3.63, 3.8) is 0 Å². The van der Waals surface area contributed by atoms with Crippen LogP contribution >= 0.6 is 0 Å². The molecule has 0 amide bonds. The van der Waals surface area contributed by atoms with Crippen LogP contribution in [0.5, 0.6) is 5.75 Å². The predicted octanol–water partition coefficient (Wildman–Crippen LogP) is 4.94. The van der Waals surface area contributed by atoms with Gasteiger partial charge >= 0.3 is 5.97 Å². The molecule has 5 rings (SSSR count). The van der Waals surface area contributed by atoms with Crippen molar-refractivity contribution in [2.75, 3.05) is 6.61 Å². The summed E-state index contributed by atoms with van der Waals surface area (Å²) in [6.07, 6.45) is 7.24. The van der Waals surface area contributed by atoms with Crippen LogP contribution in [0.4, 0.5) is 0 Å². The van der Waals surface area contributed by atoms with Gasteiger partial charge in [0.1, 0.15) is 0 Å². The third kappa shape index (κ3) is 3.37. The van der Waals surface area contributed by atoms with Gasteiger partial charge in [-0.3, -0.25) is 4.79 Å². The number of nitrogens with one attached hydrogen (secondary N) is 2. The molecule has 8 heteroatoms. The van der Waals surface area contributed by atoms with E-state index in [1.165, 1.54) is 6.20 Å². The number of aromatic hydroxyl groups is 1. The van der Waals surface area contributed by atoms with Crippen LogP contribution in [0, 0.1) is 0 Å². The number of aliphatic hydroxyl groups excluding tert-OH is 1. The van der Waals surface area contributed by atoms with E-state index in [1.54, 1.807) is 30.5 Å². The highest BCUT2D eigenvalue weighted by atomic mass is 16.4. The Hall–Kier alpha value is -4.56. The van der Waals surface area contributed by atoms with Gasteiger partial charge < -0.3 is 29.7 Å². The summed E-state index contributed by atoms with van der Waals surface area (Å²) in [7, 11) is 0. The molecule has 8 nitrogen and oxygen atoms in total. The Bertz CT molecular complexity index is 1580. The zero-order chi connectivity index (χ0) is 23.8. The summed E-state index contributed by atoms with van der Waals surface area (Å²) < 4.78 is 5.46. The molecule has 0 aliphatic heterocycles.